The van der Waals surface area contributed by atoms with Crippen LogP contribution in [-0.4, -0.2) is 27.9 Å². The molecule has 0 aliphatic rings. The van der Waals surface area contributed by atoms with Crippen molar-refractivity contribution in [1.82, 2.24) is 15.4 Å². The van der Waals surface area contributed by atoms with Crippen molar-refractivity contribution in [3.05, 3.63) is 60.4 Å². The highest BCUT2D eigenvalue weighted by molar-refractivity contribution is 6.04. The van der Waals surface area contributed by atoms with Gasteiger partial charge in [-0.3, -0.25) is 9.89 Å². The molecule has 0 radical (unpaired) electrons. The molecule has 0 spiro atoms. The summed E-state index contributed by atoms with van der Waals surface area (Å²) in [5.41, 5.74) is 2.53. The first kappa shape index (κ1) is 15.9. The minimum atomic E-state index is -0.364. The highest BCUT2D eigenvalue weighted by Gasteiger charge is 2.16. The summed E-state index contributed by atoms with van der Waals surface area (Å²) >= 11 is 0. The largest absolute Gasteiger partial charge is 0.492 e. The predicted molar refractivity (Wildman–Crippen MR) is 97.2 cm³/mol. The quantitative estimate of drug-likeness (QED) is 0.571. The fourth-order valence-corrected chi connectivity index (χ4v) is 2.65. The van der Waals surface area contributed by atoms with Gasteiger partial charge >= 0.3 is 0 Å². The van der Waals surface area contributed by atoms with E-state index >= 15 is 0 Å². The Hall–Kier alpha value is -3.61. The first-order chi connectivity index (χ1) is 12.7. The van der Waals surface area contributed by atoms with Crippen LogP contribution in [0.15, 0.2) is 59.3 Å². The van der Waals surface area contributed by atoms with E-state index in [-0.39, 0.29) is 11.6 Å². The lowest BCUT2D eigenvalue weighted by Gasteiger charge is -2.09. The molecule has 0 saturated heterocycles. The minimum Gasteiger partial charge on any atom is -0.492 e. The molecule has 0 unspecified atom stereocenters. The molecule has 7 heteroatoms. The molecule has 4 aromatic rings. The molecule has 0 aliphatic heterocycles. The first-order valence-electron chi connectivity index (χ1n) is 8.18. The summed E-state index contributed by atoms with van der Waals surface area (Å²) in [5.74, 6) is 0.755. The summed E-state index contributed by atoms with van der Waals surface area (Å²) < 4.78 is 10.9. The van der Waals surface area contributed by atoms with Crippen LogP contribution < -0.4 is 10.1 Å². The van der Waals surface area contributed by atoms with Crippen molar-refractivity contribution >= 4 is 22.5 Å². The van der Waals surface area contributed by atoms with E-state index in [0.29, 0.717) is 23.8 Å². The van der Waals surface area contributed by atoms with Crippen molar-refractivity contribution in [2.24, 2.45) is 0 Å². The predicted octanol–water partition coefficient (Wildman–Crippen LogP) is 3.87. The van der Waals surface area contributed by atoms with Crippen LogP contribution in [0.2, 0.25) is 0 Å². The number of amides is 1. The topological polar surface area (TPSA) is 93.0 Å². The van der Waals surface area contributed by atoms with Gasteiger partial charge < -0.3 is 14.6 Å². The molecule has 1 amide bonds. The Bertz CT molecular complexity index is 1070. The number of carbonyl (C=O) groups is 1. The van der Waals surface area contributed by atoms with Gasteiger partial charge in [0, 0.05) is 17.0 Å². The molecule has 0 bridgehead atoms. The summed E-state index contributed by atoms with van der Waals surface area (Å²) in [6, 6.07) is 14.6. The fourth-order valence-electron chi connectivity index (χ4n) is 2.65. The molecular formula is C19H16N4O3. The van der Waals surface area contributed by atoms with Crippen LogP contribution >= 0.6 is 0 Å². The van der Waals surface area contributed by atoms with Crippen LogP contribution in [0.1, 0.15) is 17.4 Å². The van der Waals surface area contributed by atoms with Crippen molar-refractivity contribution < 1.29 is 14.1 Å². The fraction of sp³-hybridized carbons (Fsp3) is 0.105. The molecule has 0 saturated carbocycles. The number of para-hydroxylation sites is 2. The third-order valence-electron chi connectivity index (χ3n) is 3.90. The standard InChI is InChI=1S/C19H16N4O3/c1-2-25-17-6-4-3-5-15(17)21-19(24)16-10-18(26-23-16)12-7-8-14-13(9-12)11-20-22-14/h3-11H,2H2,1H3,(H,20,22)(H,21,24). The number of nitrogens with zero attached hydrogens (tertiary/aromatic N) is 2. The molecule has 2 N–H and O–H groups in total. The van der Waals surface area contributed by atoms with Crippen molar-refractivity contribution in [2.45, 2.75) is 6.92 Å². The van der Waals surface area contributed by atoms with E-state index in [1.165, 1.54) is 0 Å². The van der Waals surface area contributed by atoms with Gasteiger partial charge in [-0.05, 0) is 37.3 Å². The van der Waals surface area contributed by atoms with Gasteiger partial charge in [-0.1, -0.05) is 17.3 Å². The maximum atomic E-state index is 12.5. The van der Waals surface area contributed by atoms with Crippen LogP contribution in [-0.2, 0) is 0 Å². The lowest BCUT2D eigenvalue weighted by Crippen LogP contribution is -2.13. The number of anilines is 1. The third kappa shape index (κ3) is 3.02. The third-order valence-corrected chi connectivity index (χ3v) is 3.90. The smallest absolute Gasteiger partial charge is 0.277 e. The van der Waals surface area contributed by atoms with Gasteiger partial charge in [0.2, 0.25) is 0 Å². The van der Waals surface area contributed by atoms with Crippen molar-refractivity contribution in [3.63, 3.8) is 0 Å². The summed E-state index contributed by atoms with van der Waals surface area (Å²) in [5, 5.41) is 14.5. The Kier molecular flexibility index (Phi) is 4.10. The number of aromatic nitrogens is 3. The van der Waals surface area contributed by atoms with Gasteiger partial charge in [0.25, 0.3) is 5.91 Å². The normalized spacial score (nSPS) is 10.8. The average Bonchev–Trinajstić information content (AvgIpc) is 3.32. The van der Waals surface area contributed by atoms with Crippen LogP contribution in [0.3, 0.4) is 0 Å². The zero-order valence-electron chi connectivity index (χ0n) is 14.0. The number of H-pyrrole nitrogens is 1. The van der Waals surface area contributed by atoms with Gasteiger partial charge in [-0.25, -0.2) is 0 Å². The minimum absolute atomic E-state index is 0.193. The van der Waals surface area contributed by atoms with E-state index in [4.69, 9.17) is 9.26 Å². The zero-order valence-corrected chi connectivity index (χ0v) is 14.0. The summed E-state index contributed by atoms with van der Waals surface area (Å²) in [6.45, 7) is 2.40. The Morgan fingerprint density at radius 1 is 1.23 bits per heavy atom. The number of benzene rings is 2. The number of carbonyl (C=O) groups excluding carboxylic acids is 1. The van der Waals surface area contributed by atoms with Crippen LogP contribution in [0.5, 0.6) is 5.75 Å². The van der Waals surface area contributed by atoms with E-state index in [9.17, 15) is 4.79 Å². The molecule has 0 fully saturated rings. The molecule has 4 rings (SSSR count). The molecule has 0 aliphatic carbocycles. The maximum Gasteiger partial charge on any atom is 0.277 e. The SMILES string of the molecule is CCOc1ccccc1NC(=O)c1cc(-c2ccc3[nH]ncc3c2)on1. The lowest BCUT2D eigenvalue weighted by atomic mass is 10.1. The molecule has 7 nitrogen and oxygen atoms in total. The van der Waals surface area contributed by atoms with Crippen LogP contribution in [0.4, 0.5) is 5.69 Å². The number of nitrogens with one attached hydrogen (secondary N) is 2. The van der Waals surface area contributed by atoms with Crippen molar-refractivity contribution in [2.75, 3.05) is 11.9 Å². The summed E-state index contributed by atoms with van der Waals surface area (Å²) in [6.07, 6.45) is 1.73. The van der Waals surface area contributed by atoms with Gasteiger partial charge in [-0.2, -0.15) is 5.10 Å². The molecule has 2 aromatic carbocycles. The molecule has 2 heterocycles. The van der Waals surface area contributed by atoms with Gasteiger partial charge in [0.05, 0.1) is 24.0 Å². The molecular weight excluding hydrogens is 332 g/mol. The number of ether oxygens (including phenoxy) is 1. The Labute approximate surface area is 149 Å². The van der Waals surface area contributed by atoms with Gasteiger partial charge in [0.1, 0.15) is 5.75 Å². The van der Waals surface area contributed by atoms with Crippen LogP contribution in [0, 0.1) is 0 Å². The first-order valence-corrected chi connectivity index (χ1v) is 8.18. The second-order valence-corrected chi connectivity index (χ2v) is 5.63. The Balaban J connectivity index is 1.56. The van der Waals surface area contributed by atoms with E-state index in [0.717, 1.165) is 16.5 Å². The van der Waals surface area contributed by atoms with E-state index < -0.39 is 0 Å². The van der Waals surface area contributed by atoms with E-state index in [1.54, 1.807) is 24.4 Å². The summed E-state index contributed by atoms with van der Waals surface area (Å²) in [7, 11) is 0. The molecule has 0 atom stereocenters. The Morgan fingerprint density at radius 3 is 3.00 bits per heavy atom. The highest BCUT2D eigenvalue weighted by atomic mass is 16.5. The lowest BCUT2D eigenvalue weighted by molar-refractivity contribution is 0.101. The van der Waals surface area contributed by atoms with Gasteiger partial charge in [0.15, 0.2) is 11.5 Å². The van der Waals surface area contributed by atoms with E-state index in [2.05, 4.69) is 20.7 Å². The second-order valence-electron chi connectivity index (χ2n) is 5.63. The number of hydrogen-bond acceptors (Lipinski definition) is 5. The average molecular weight is 348 g/mol. The number of hydrogen-bond donors (Lipinski definition) is 2. The molecule has 26 heavy (non-hydrogen) atoms. The van der Waals surface area contributed by atoms with Crippen LogP contribution in [0.25, 0.3) is 22.2 Å². The molecule has 130 valence electrons. The highest BCUT2D eigenvalue weighted by Crippen LogP contribution is 2.26. The monoisotopic (exact) mass is 348 g/mol. The second kappa shape index (κ2) is 6.72. The van der Waals surface area contributed by atoms with Crippen molar-refractivity contribution in [1.29, 1.82) is 0 Å². The van der Waals surface area contributed by atoms with Crippen molar-refractivity contribution in [3.8, 4) is 17.1 Å². The van der Waals surface area contributed by atoms with Gasteiger partial charge in [-0.15, -0.1) is 0 Å². The van der Waals surface area contributed by atoms with E-state index in [1.807, 2.05) is 37.3 Å². The summed E-state index contributed by atoms with van der Waals surface area (Å²) in [4.78, 5) is 12.5. The number of fused-ring (bicyclic) bond motifs is 1. The number of rotatable bonds is 5. The zero-order chi connectivity index (χ0) is 17.9. The Morgan fingerprint density at radius 2 is 2.12 bits per heavy atom. The maximum absolute atomic E-state index is 12.5. The number of aromatic amines is 1. The molecule has 2 aromatic heterocycles.